The number of phenols is 1. The standard InChI is InChI=1S/C25H25N3O4/c1-3-28-22-7-5-4-6-20(22)21-14-18(8-10-23(21)28)16-26-31-12-13-32-27-17-19-9-11-25(30-2)24(29)15-19/h4-11,14-17,29H,3,12-13H2,1-2H3/b26-16+,27-17+. The second kappa shape index (κ2) is 9.87. The summed E-state index contributed by atoms with van der Waals surface area (Å²) < 4.78 is 7.31. The number of fused-ring (bicyclic) bond motifs is 3. The average Bonchev–Trinajstić information content (AvgIpc) is 3.14. The number of aryl methyl sites for hydroxylation is 1. The third-order valence-corrected chi connectivity index (χ3v) is 5.13. The molecule has 32 heavy (non-hydrogen) atoms. The lowest BCUT2D eigenvalue weighted by Gasteiger charge is -2.03. The molecule has 4 aromatic rings. The predicted octanol–water partition coefficient (Wildman–Crippen LogP) is 4.93. The van der Waals surface area contributed by atoms with Crippen molar-refractivity contribution in [3.05, 3.63) is 71.8 Å². The fourth-order valence-electron chi connectivity index (χ4n) is 3.66. The quantitative estimate of drug-likeness (QED) is 0.232. The number of benzene rings is 3. The minimum absolute atomic E-state index is 0.0477. The number of phenolic OH excluding ortho intramolecular Hbond substituents is 1. The molecule has 7 nitrogen and oxygen atoms in total. The predicted molar refractivity (Wildman–Crippen MR) is 127 cm³/mol. The molecule has 0 saturated heterocycles. The molecule has 1 heterocycles. The molecule has 0 radical (unpaired) electrons. The molecule has 1 aromatic heterocycles. The Morgan fingerprint density at radius 1 is 0.844 bits per heavy atom. The van der Waals surface area contributed by atoms with Gasteiger partial charge in [0, 0.05) is 28.4 Å². The van der Waals surface area contributed by atoms with Crippen LogP contribution in [0.25, 0.3) is 21.8 Å². The molecule has 3 aromatic carbocycles. The van der Waals surface area contributed by atoms with E-state index in [1.807, 2.05) is 6.07 Å². The lowest BCUT2D eigenvalue weighted by atomic mass is 10.1. The first kappa shape index (κ1) is 21.2. The van der Waals surface area contributed by atoms with Crippen LogP contribution in [-0.4, -0.2) is 42.4 Å². The number of rotatable bonds is 9. The van der Waals surface area contributed by atoms with Gasteiger partial charge in [-0.3, -0.25) is 0 Å². The number of hydrogen-bond acceptors (Lipinski definition) is 6. The van der Waals surface area contributed by atoms with Crippen LogP contribution in [0.3, 0.4) is 0 Å². The van der Waals surface area contributed by atoms with Crippen molar-refractivity contribution >= 4 is 34.2 Å². The first-order valence-corrected chi connectivity index (χ1v) is 10.4. The third kappa shape index (κ3) is 4.51. The number of hydrogen-bond donors (Lipinski definition) is 1. The molecule has 0 bridgehead atoms. The van der Waals surface area contributed by atoms with Gasteiger partial charge < -0.3 is 24.1 Å². The van der Waals surface area contributed by atoms with Gasteiger partial charge >= 0.3 is 0 Å². The van der Waals surface area contributed by atoms with E-state index in [4.69, 9.17) is 14.4 Å². The number of para-hydroxylation sites is 1. The first-order valence-electron chi connectivity index (χ1n) is 10.4. The number of ether oxygens (including phenoxy) is 1. The monoisotopic (exact) mass is 431 g/mol. The van der Waals surface area contributed by atoms with E-state index in [-0.39, 0.29) is 19.0 Å². The number of nitrogens with zero attached hydrogens (tertiary/aromatic N) is 3. The molecule has 0 unspecified atom stereocenters. The summed E-state index contributed by atoms with van der Waals surface area (Å²) >= 11 is 0. The Bertz CT molecular complexity index is 1280. The zero-order valence-corrected chi connectivity index (χ0v) is 18.1. The van der Waals surface area contributed by atoms with Crippen LogP contribution in [0.5, 0.6) is 11.5 Å². The number of methoxy groups -OCH3 is 1. The maximum absolute atomic E-state index is 9.74. The molecular weight excluding hydrogens is 406 g/mol. The zero-order chi connectivity index (χ0) is 22.3. The van der Waals surface area contributed by atoms with Crippen molar-refractivity contribution in [1.82, 2.24) is 4.57 Å². The van der Waals surface area contributed by atoms with Crippen molar-refractivity contribution in [2.24, 2.45) is 10.3 Å². The molecule has 4 rings (SSSR count). The summed E-state index contributed by atoms with van der Waals surface area (Å²) in [6.07, 6.45) is 3.20. The summed E-state index contributed by atoms with van der Waals surface area (Å²) in [5.41, 5.74) is 4.11. The van der Waals surface area contributed by atoms with E-state index in [1.165, 1.54) is 35.1 Å². The van der Waals surface area contributed by atoms with Crippen molar-refractivity contribution in [2.45, 2.75) is 13.5 Å². The SMILES string of the molecule is CCn1c2ccccc2c2cc(/C=N/OCCO/N=C/c3ccc(OC)c(O)c3)ccc21. The summed E-state index contributed by atoms with van der Waals surface area (Å²) in [5.74, 6) is 0.455. The third-order valence-electron chi connectivity index (χ3n) is 5.13. The Kier molecular flexibility index (Phi) is 6.55. The molecular formula is C25H25N3O4. The van der Waals surface area contributed by atoms with E-state index < -0.39 is 0 Å². The minimum atomic E-state index is 0.0477. The van der Waals surface area contributed by atoms with Crippen LogP contribution in [0.4, 0.5) is 0 Å². The Hall–Kier alpha value is -4.00. The van der Waals surface area contributed by atoms with Gasteiger partial charge in [-0.05, 0) is 54.4 Å². The van der Waals surface area contributed by atoms with Crippen LogP contribution in [-0.2, 0) is 16.2 Å². The van der Waals surface area contributed by atoms with Gasteiger partial charge in [0.05, 0.1) is 19.5 Å². The maximum atomic E-state index is 9.74. The van der Waals surface area contributed by atoms with Crippen molar-refractivity contribution in [3.63, 3.8) is 0 Å². The summed E-state index contributed by atoms with van der Waals surface area (Å²) in [7, 11) is 1.50. The van der Waals surface area contributed by atoms with Crippen LogP contribution in [0.2, 0.25) is 0 Å². The highest BCUT2D eigenvalue weighted by molar-refractivity contribution is 6.09. The molecule has 0 fully saturated rings. The minimum Gasteiger partial charge on any atom is -0.504 e. The lowest BCUT2D eigenvalue weighted by Crippen LogP contribution is -1.98. The fraction of sp³-hybridized carbons (Fsp3) is 0.200. The van der Waals surface area contributed by atoms with Gasteiger partial charge in [0.2, 0.25) is 0 Å². The van der Waals surface area contributed by atoms with Crippen LogP contribution in [0.1, 0.15) is 18.1 Å². The fourth-order valence-corrected chi connectivity index (χ4v) is 3.66. The van der Waals surface area contributed by atoms with Crippen LogP contribution < -0.4 is 4.74 Å². The normalized spacial score (nSPS) is 11.7. The van der Waals surface area contributed by atoms with Gasteiger partial charge in [-0.2, -0.15) is 0 Å². The van der Waals surface area contributed by atoms with Crippen molar-refractivity contribution < 1.29 is 19.5 Å². The van der Waals surface area contributed by atoms with E-state index in [1.54, 1.807) is 24.4 Å². The number of aromatic hydroxyl groups is 1. The molecule has 0 amide bonds. The highest BCUT2D eigenvalue weighted by atomic mass is 16.7. The van der Waals surface area contributed by atoms with E-state index in [0.717, 1.165) is 12.1 Å². The maximum Gasteiger partial charge on any atom is 0.160 e. The lowest BCUT2D eigenvalue weighted by molar-refractivity contribution is 0.0553. The zero-order valence-electron chi connectivity index (χ0n) is 18.1. The number of oxime groups is 2. The van der Waals surface area contributed by atoms with Gasteiger partial charge in [-0.1, -0.05) is 34.6 Å². The molecule has 0 spiro atoms. The smallest absolute Gasteiger partial charge is 0.160 e. The largest absolute Gasteiger partial charge is 0.504 e. The van der Waals surface area contributed by atoms with Crippen molar-refractivity contribution in [3.8, 4) is 11.5 Å². The molecule has 0 aliphatic carbocycles. The van der Waals surface area contributed by atoms with Crippen molar-refractivity contribution in [1.29, 1.82) is 0 Å². The van der Waals surface area contributed by atoms with Gasteiger partial charge in [-0.15, -0.1) is 0 Å². The highest BCUT2D eigenvalue weighted by Crippen LogP contribution is 2.29. The summed E-state index contributed by atoms with van der Waals surface area (Å²) in [5, 5.41) is 20.1. The summed E-state index contributed by atoms with van der Waals surface area (Å²) in [6.45, 7) is 3.59. The molecule has 0 atom stereocenters. The second-order valence-electron chi connectivity index (χ2n) is 7.10. The Morgan fingerprint density at radius 2 is 1.50 bits per heavy atom. The molecule has 0 aliphatic rings. The Balaban J connectivity index is 1.30. The van der Waals surface area contributed by atoms with Crippen LogP contribution in [0.15, 0.2) is 71.0 Å². The number of aromatic nitrogens is 1. The Morgan fingerprint density at radius 3 is 2.19 bits per heavy atom. The topological polar surface area (TPSA) is 77.6 Å². The van der Waals surface area contributed by atoms with Gasteiger partial charge in [-0.25, -0.2) is 0 Å². The van der Waals surface area contributed by atoms with E-state index in [0.29, 0.717) is 11.3 Å². The van der Waals surface area contributed by atoms with Crippen LogP contribution >= 0.6 is 0 Å². The average molecular weight is 431 g/mol. The van der Waals surface area contributed by atoms with Gasteiger partial charge in [0.15, 0.2) is 24.7 Å². The van der Waals surface area contributed by atoms with Gasteiger partial charge in [0.25, 0.3) is 0 Å². The molecule has 7 heteroatoms. The highest BCUT2D eigenvalue weighted by Gasteiger charge is 2.09. The van der Waals surface area contributed by atoms with E-state index in [9.17, 15) is 5.11 Å². The summed E-state index contributed by atoms with van der Waals surface area (Å²) in [4.78, 5) is 10.4. The van der Waals surface area contributed by atoms with E-state index in [2.05, 4.69) is 58.2 Å². The van der Waals surface area contributed by atoms with Crippen molar-refractivity contribution in [2.75, 3.05) is 20.3 Å². The van der Waals surface area contributed by atoms with Crippen LogP contribution in [0, 0.1) is 0 Å². The molecule has 164 valence electrons. The second-order valence-corrected chi connectivity index (χ2v) is 7.10. The van der Waals surface area contributed by atoms with E-state index >= 15 is 0 Å². The molecule has 0 saturated carbocycles. The summed E-state index contributed by atoms with van der Waals surface area (Å²) in [6, 6.07) is 19.7. The first-order chi connectivity index (χ1) is 15.7. The molecule has 1 N–H and O–H groups in total. The molecule has 0 aliphatic heterocycles. The van der Waals surface area contributed by atoms with Gasteiger partial charge in [0.1, 0.15) is 0 Å². The Labute approximate surface area is 186 Å².